The standard InChI is InChI=1S/C7H10O2/c8-6-3-7(1-2-7)5-9-4-6/h1-5H2. The normalized spacial score (nSPS) is 30.9. The molecule has 0 aromatic carbocycles. The topological polar surface area (TPSA) is 26.3 Å². The molecule has 0 aromatic heterocycles. The predicted molar refractivity (Wildman–Crippen MR) is 32.1 cm³/mol. The molecule has 50 valence electrons. The van der Waals surface area contributed by atoms with E-state index >= 15 is 0 Å². The molecule has 2 fully saturated rings. The van der Waals surface area contributed by atoms with Gasteiger partial charge in [-0.25, -0.2) is 0 Å². The zero-order valence-electron chi connectivity index (χ0n) is 5.35. The molecular weight excluding hydrogens is 116 g/mol. The molecule has 0 amide bonds. The lowest BCUT2D eigenvalue weighted by molar-refractivity contribution is -0.130. The summed E-state index contributed by atoms with van der Waals surface area (Å²) in [4.78, 5) is 10.8. The van der Waals surface area contributed by atoms with Crippen molar-refractivity contribution in [3.63, 3.8) is 0 Å². The first-order chi connectivity index (χ1) is 4.31. The molecule has 1 spiro atoms. The SMILES string of the molecule is O=C1COCC2(CC2)C1. The van der Waals surface area contributed by atoms with Crippen LogP contribution in [-0.2, 0) is 9.53 Å². The molecule has 1 heterocycles. The van der Waals surface area contributed by atoms with Gasteiger partial charge in [-0.3, -0.25) is 4.79 Å². The zero-order chi connectivity index (χ0) is 6.32. The Kier molecular flexibility index (Phi) is 0.943. The van der Waals surface area contributed by atoms with Crippen molar-refractivity contribution >= 4 is 5.78 Å². The summed E-state index contributed by atoms with van der Waals surface area (Å²) in [5.41, 5.74) is 0.329. The third kappa shape index (κ3) is 0.874. The van der Waals surface area contributed by atoms with Crippen LogP contribution >= 0.6 is 0 Å². The van der Waals surface area contributed by atoms with Crippen LogP contribution in [0.1, 0.15) is 19.3 Å². The number of hydrogen-bond donors (Lipinski definition) is 0. The van der Waals surface area contributed by atoms with Gasteiger partial charge >= 0.3 is 0 Å². The van der Waals surface area contributed by atoms with Crippen molar-refractivity contribution < 1.29 is 9.53 Å². The lowest BCUT2D eigenvalue weighted by atomic mass is 9.99. The molecule has 0 aromatic rings. The van der Waals surface area contributed by atoms with E-state index in [-0.39, 0.29) is 0 Å². The van der Waals surface area contributed by atoms with Crippen molar-refractivity contribution in [2.75, 3.05) is 13.2 Å². The molecule has 2 rings (SSSR count). The van der Waals surface area contributed by atoms with Gasteiger partial charge in [-0.1, -0.05) is 0 Å². The van der Waals surface area contributed by atoms with Crippen LogP contribution in [0.3, 0.4) is 0 Å². The summed E-state index contributed by atoms with van der Waals surface area (Å²) in [5.74, 6) is 0.291. The summed E-state index contributed by atoms with van der Waals surface area (Å²) in [5, 5.41) is 0. The van der Waals surface area contributed by atoms with Crippen LogP contribution in [0, 0.1) is 5.41 Å². The van der Waals surface area contributed by atoms with Crippen molar-refractivity contribution in [2.45, 2.75) is 19.3 Å². The fraction of sp³-hybridized carbons (Fsp3) is 0.857. The average molecular weight is 126 g/mol. The minimum Gasteiger partial charge on any atom is -0.373 e. The van der Waals surface area contributed by atoms with Gasteiger partial charge in [0, 0.05) is 11.8 Å². The molecular formula is C7H10O2. The average Bonchev–Trinajstić information content (AvgIpc) is 2.49. The molecule has 2 nitrogen and oxygen atoms in total. The van der Waals surface area contributed by atoms with Gasteiger partial charge in [0.05, 0.1) is 6.61 Å². The minimum absolute atomic E-state index is 0.291. The van der Waals surface area contributed by atoms with Gasteiger partial charge in [0.25, 0.3) is 0 Å². The van der Waals surface area contributed by atoms with Crippen LogP contribution in [0.15, 0.2) is 0 Å². The van der Waals surface area contributed by atoms with E-state index in [1.54, 1.807) is 0 Å². The van der Waals surface area contributed by atoms with Crippen molar-refractivity contribution in [1.29, 1.82) is 0 Å². The molecule has 2 aliphatic rings. The Morgan fingerprint density at radius 2 is 2.22 bits per heavy atom. The Labute approximate surface area is 54.2 Å². The second kappa shape index (κ2) is 1.57. The molecule has 0 N–H and O–H groups in total. The third-order valence-electron chi connectivity index (χ3n) is 2.20. The van der Waals surface area contributed by atoms with Gasteiger partial charge in [-0.05, 0) is 12.8 Å². The van der Waals surface area contributed by atoms with Crippen molar-refractivity contribution in [3.8, 4) is 0 Å². The Bertz CT molecular complexity index is 147. The lowest BCUT2D eigenvalue weighted by Gasteiger charge is -2.19. The van der Waals surface area contributed by atoms with Crippen molar-refractivity contribution in [1.82, 2.24) is 0 Å². The molecule has 0 unspecified atom stereocenters. The maximum atomic E-state index is 10.8. The smallest absolute Gasteiger partial charge is 0.159 e. The first-order valence-corrected chi connectivity index (χ1v) is 3.40. The highest BCUT2D eigenvalue weighted by atomic mass is 16.5. The quantitative estimate of drug-likeness (QED) is 0.479. The number of rotatable bonds is 0. The summed E-state index contributed by atoms with van der Waals surface area (Å²) in [6.07, 6.45) is 3.20. The van der Waals surface area contributed by atoms with Gasteiger partial charge in [-0.2, -0.15) is 0 Å². The third-order valence-corrected chi connectivity index (χ3v) is 2.20. The second-order valence-corrected chi connectivity index (χ2v) is 3.21. The van der Waals surface area contributed by atoms with E-state index in [1.807, 2.05) is 0 Å². The Balaban J connectivity index is 2.04. The van der Waals surface area contributed by atoms with Gasteiger partial charge in [0.15, 0.2) is 5.78 Å². The molecule has 9 heavy (non-hydrogen) atoms. The molecule has 1 aliphatic heterocycles. The van der Waals surface area contributed by atoms with Crippen LogP contribution < -0.4 is 0 Å². The van der Waals surface area contributed by atoms with E-state index in [9.17, 15) is 4.79 Å². The summed E-state index contributed by atoms with van der Waals surface area (Å²) < 4.78 is 5.11. The molecule has 0 bridgehead atoms. The van der Waals surface area contributed by atoms with Crippen molar-refractivity contribution in [2.24, 2.45) is 5.41 Å². The Hall–Kier alpha value is -0.370. The van der Waals surface area contributed by atoms with E-state index in [1.165, 1.54) is 12.8 Å². The molecule has 1 aliphatic carbocycles. The van der Waals surface area contributed by atoms with E-state index in [0.717, 1.165) is 13.0 Å². The van der Waals surface area contributed by atoms with Crippen LogP contribution in [0.25, 0.3) is 0 Å². The van der Waals surface area contributed by atoms with Crippen LogP contribution in [0.4, 0.5) is 0 Å². The second-order valence-electron chi connectivity index (χ2n) is 3.21. The van der Waals surface area contributed by atoms with Crippen LogP contribution in [0.5, 0.6) is 0 Å². The lowest BCUT2D eigenvalue weighted by Crippen LogP contribution is -2.26. The number of hydrogen-bond acceptors (Lipinski definition) is 2. The molecule has 2 heteroatoms. The fourth-order valence-electron chi connectivity index (χ4n) is 1.40. The monoisotopic (exact) mass is 126 g/mol. The maximum Gasteiger partial charge on any atom is 0.159 e. The summed E-state index contributed by atoms with van der Waals surface area (Å²) in [7, 11) is 0. The molecule has 1 saturated carbocycles. The van der Waals surface area contributed by atoms with Gasteiger partial charge in [0.2, 0.25) is 0 Å². The maximum absolute atomic E-state index is 10.8. The van der Waals surface area contributed by atoms with Crippen LogP contribution in [0.2, 0.25) is 0 Å². The van der Waals surface area contributed by atoms with E-state index in [0.29, 0.717) is 17.8 Å². The van der Waals surface area contributed by atoms with E-state index in [2.05, 4.69) is 0 Å². The summed E-state index contributed by atoms with van der Waals surface area (Å²) in [6.45, 7) is 1.19. The zero-order valence-corrected chi connectivity index (χ0v) is 5.35. The van der Waals surface area contributed by atoms with Crippen LogP contribution in [-0.4, -0.2) is 19.0 Å². The summed E-state index contributed by atoms with van der Waals surface area (Å²) >= 11 is 0. The van der Waals surface area contributed by atoms with Gasteiger partial charge in [0.1, 0.15) is 6.61 Å². The molecule has 1 saturated heterocycles. The predicted octanol–water partition coefficient (Wildman–Crippen LogP) is 0.756. The highest BCUT2D eigenvalue weighted by Gasteiger charge is 2.46. The fourth-order valence-corrected chi connectivity index (χ4v) is 1.40. The first-order valence-electron chi connectivity index (χ1n) is 3.40. The summed E-state index contributed by atoms with van der Waals surface area (Å²) in [6, 6.07) is 0. The number of Topliss-reactive ketones (excluding diaryl/α,β-unsaturated/α-hetero) is 1. The van der Waals surface area contributed by atoms with E-state index < -0.39 is 0 Å². The first kappa shape index (κ1) is 5.42. The highest BCUT2D eigenvalue weighted by molar-refractivity contribution is 5.81. The van der Waals surface area contributed by atoms with Gasteiger partial charge < -0.3 is 4.74 Å². The van der Waals surface area contributed by atoms with E-state index in [4.69, 9.17) is 4.74 Å². The number of ether oxygens (including phenoxy) is 1. The number of carbonyl (C=O) groups is 1. The number of ketones is 1. The Morgan fingerprint density at radius 3 is 2.67 bits per heavy atom. The van der Waals surface area contributed by atoms with Gasteiger partial charge in [-0.15, -0.1) is 0 Å². The highest BCUT2D eigenvalue weighted by Crippen LogP contribution is 2.50. The number of carbonyl (C=O) groups excluding carboxylic acids is 1. The minimum atomic E-state index is 0.291. The molecule has 0 atom stereocenters. The molecule has 0 radical (unpaired) electrons. The Morgan fingerprint density at radius 1 is 1.44 bits per heavy atom. The largest absolute Gasteiger partial charge is 0.373 e. The van der Waals surface area contributed by atoms with Crippen molar-refractivity contribution in [3.05, 3.63) is 0 Å².